The molecule has 0 aliphatic carbocycles. The molecule has 0 amide bonds. The van der Waals surface area contributed by atoms with Gasteiger partial charge in [-0.25, -0.2) is 9.97 Å². The minimum Gasteiger partial charge on any atom is -0.419 e. The molecule has 32 heavy (non-hydrogen) atoms. The summed E-state index contributed by atoms with van der Waals surface area (Å²) >= 11 is 0. The topological polar surface area (TPSA) is 83.4 Å². The van der Waals surface area contributed by atoms with Crippen molar-refractivity contribution in [1.29, 1.82) is 0 Å². The Hall–Kier alpha value is -3.86. The molecule has 4 aromatic rings. The van der Waals surface area contributed by atoms with Crippen molar-refractivity contribution in [1.82, 2.24) is 19.9 Å². The molecule has 0 radical (unpaired) electrons. The average molecular weight is 466 g/mol. The minimum atomic E-state index is 0. The fourth-order valence-electron chi connectivity index (χ4n) is 3.34. The van der Waals surface area contributed by atoms with Crippen molar-refractivity contribution in [2.45, 2.75) is 0 Å². The number of fused-ring (bicyclic) bond motifs is 8. The Morgan fingerprint density at radius 3 is 1.38 bits per heavy atom. The van der Waals surface area contributed by atoms with Crippen LogP contribution in [0.25, 0.3) is 46.4 Å². The number of aromatic nitrogens is 4. The van der Waals surface area contributed by atoms with E-state index in [1.165, 1.54) is 0 Å². The van der Waals surface area contributed by atoms with Gasteiger partial charge in [-0.1, -0.05) is 5.69 Å². The number of hydrogen-bond donors (Lipinski definition) is 3. The second-order valence-corrected chi connectivity index (χ2v) is 7.24. The standard InChI is InChI=1S/C20H14N4.C6H6N.Cu/c1-2-14-10-16-5-6-18(23-16)12-20-8-7-19(24-20)11-17-4-3-15(22-17)9-13(1)21-14;7-6-4-2-1-3-5-6;/h1-12,21-22H;2-5H,7H2;/q;-1;+1. The molecule has 0 saturated carbocycles. The van der Waals surface area contributed by atoms with E-state index in [0.29, 0.717) is 0 Å². The number of rotatable bonds is 0. The average Bonchev–Trinajstić information content (AvgIpc) is 3.55. The van der Waals surface area contributed by atoms with Crippen molar-refractivity contribution in [2.75, 3.05) is 5.73 Å². The monoisotopic (exact) mass is 465 g/mol. The Balaban J connectivity index is 0.000000265. The molecule has 6 rings (SSSR count). The third kappa shape index (κ3) is 5.24. The number of H-pyrrole nitrogens is 2. The second-order valence-electron chi connectivity index (χ2n) is 7.24. The Morgan fingerprint density at radius 2 is 0.969 bits per heavy atom. The summed E-state index contributed by atoms with van der Waals surface area (Å²) in [4.78, 5) is 16.0. The van der Waals surface area contributed by atoms with Gasteiger partial charge >= 0.3 is 17.1 Å². The summed E-state index contributed by atoms with van der Waals surface area (Å²) < 4.78 is 0. The zero-order chi connectivity index (χ0) is 21.0. The maximum Gasteiger partial charge on any atom is 1.00 e. The molecule has 0 atom stereocenters. The van der Waals surface area contributed by atoms with Gasteiger partial charge in [-0.05, 0) is 72.8 Å². The van der Waals surface area contributed by atoms with Crippen LogP contribution in [0, 0.1) is 6.07 Å². The van der Waals surface area contributed by atoms with Gasteiger partial charge < -0.3 is 15.7 Å². The van der Waals surface area contributed by atoms with Gasteiger partial charge in [0.05, 0.1) is 22.8 Å². The molecule has 0 spiro atoms. The summed E-state index contributed by atoms with van der Waals surface area (Å²) in [6.45, 7) is 0. The Kier molecular flexibility index (Phi) is 6.36. The van der Waals surface area contributed by atoms with Crippen LogP contribution in [0.1, 0.15) is 22.8 Å². The van der Waals surface area contributed by atoms with Crippen molar-refractivity contribution in [2.24, 2.45) is 0 Å². The molecule has 8 bridgehead atoms. The summed E-state index contributed by atoms with van der Waals surface area (Å²) in [5, 5.41) is 0. The van der Waals surface area contributed by atoms with Gasteiger partial charge in [-0.2, -0.15) is 18.2 Å². The van der Waals surface area contributed by atoms with Crippen LogP contribution in [0.4, 0.5) is 5.69 Å². The van der Waals surface area contributed by atoms with Gasteiger partial charge in [-0.3, -0.25) is 0 Å². The van der Waals surface area contributed by atoms with E-state index in [1.807, 2.05) is 42.5 Å². The Labute approximate surface area is 196 Å². The molecule has 5 heterocycles. The van der Waals surface area contributed by atoms with Gasteiger partial charge in [0.25, 0.3) is 0 Å². The van der Waals surface area contributed by atoms with E-state index in [2.05, 4.69) is 56.3 Å². The fourth-order valence-corrected chi connectivity index (χ4v) is 3.34. The second kappa shape index (κ2) is 9.52. The summed E-state index contributed by atoms with van der Waals surface area (Å²) in [5.41, 5.74) is 14.0. The zero-order valence-corrected chi connectivity index (χ0v) is 18.0. The first kappa shape index (κ1) is 21.4. The van der Waals surface area contributed by atoms with Gasteiger partial charge in [0.15, 0.2) is 0 Å². The van der Waals surface area contributed by atoms with E-state index < -0.39 is 0 Å². The number of nitrogens with zero attached hydrogens (tertiary/aromatic N) is 2. The molecule has 6 heteroatoms. The molecular formula is C26H20CuN5. The zero-order valence-electron chi connectivity index (χ0n) is 17.0. The van der Waals surface area contributed by atoms with Crippen LogP contribution in [-0.2, 0) is 17.1 Å². The summed E-state index contributed by atoms with van der Waals surface area (Å²) in [6.07, 6.45) is 8.05. The van der Waals surface area contributed by atoms with Crippen LogP contribution in [-0.4, -0.2) is 19.9 Å². The molecule has 2 aliphatic rings. The number of benzene rings is 1. The van der Waals surface area contributed by atoms with Crippen molar-refractivity contribution in [3.8, 4) is 0 Å². The summed E-state index contributed by atoms with van der Waals surface area (Å²) in [6, 6.07) is 26.4. The number of hydrogen-bond acceptors (Lipinski definition) is 3. The van der Waals surface area contributed by atoms with Crippen molar-refractivity contribution in [3.63, 3.8) is 0 Å². The molecule has 4 N–H and O–H groups in total. The van der Waals surface area contributed by atoms with E-state index in [9.17, 15) is 0 Å². The SMILES string of the molecule is C1=Cc2cc3ccc(cc4ccc(cc5nc(cc1n2)C=C5)[nH]4)[nH]3.Nc1cc[c-]cc1.[Cu+]. The van der Waals surface area contributed by atoms with Crippen molar-refractivity contribution in [3.05, 3.63) is 102 Å². The number of aromatic amines is 2. The van der Waals surface area contributed by atoms with Crippen LogP contribution in [0.5, 0.6) is 0 Å². The molecule has 5 nitrogen and oxygen atoms in total. The predicted molar refractivity (Wildman–Crippen MR) is 129 cm³/mol. The van der Waals surface area contributed by atoms with Gasteiger partial charge in [0.2, 0.25) is 0 Å². The van der Waals surface area contributed by atoms with Crippen LogP contribution >= 0.6 is 0 Å². The summed E-state index contributed by atoms with van der Waals surface area (Å²) in [5.74, 6) is 0. The maximum atomic E-state index is 5.34. The first-order valence-electron chi connectivity index (χ1n) is 9.96. The van der Waals surface area contributed by atoms with Gasteiger partial charge in [0.1, 0.15) is 0 Å². The van der Waals surface area contributed by atoms with Crippen LogP contribution in [0.2, 0.25) is 0 Å². The predicted octanol–water partition coefficient (Wildman–Crippen LogP) is 5.72. The molecule has 0 unspecified atom stereocenters. The van der Waals surface area contributed by atoms with E-state index in [4.69, 9.17) is 5.73 Å². The molecule has 2 aliphatic heterocycles. The third-order valence-electron chi connectivity index (χ3n) is 4.79. The molecule has 160 valence electrons. The molecular weight excluding hydrogens is 446 g/mol. The number of nitrogens with two attached hydrogens (primary N) is 1. The normalized spacial score (nSPS) is 11.4. The summed E-state index contributed by atoms with van der Waals surface area (Å²) in [7, 11) is 0. The molecule has 3 aromatic heterocycles. The van der Waals surface area contributed by atoms with Crippen LogP contribution in [0.15, 0.2) is 72.8 Å². The molecule has 0 fully saturated rings. The van der Waals surface area contributed by atoms with Crippen molar-refractivity contribution < 1.29 is 17.1 Å². The number of nitrogens with one attached hydrogen (secondary N) is 2. The van der Waals surface area contributed by atoms with Crippen LogP contribution in [0.3, 0.4) is 0 Å². The fraction of sp³-hybridized carbons (Fsp3) is 0. The van der Waals surface area contributed by atoms with E-state index in [-0.39, 0.29) is 17.1 Å². The van der Waals surface area contributed by atoms with Crippen LogP contribution < -0.4 is 5.73 Å². The Morgan fingerprint density at radius 1 is 0.562 bits per heavy atom. The molecule has 1 aromatic carbocycles. The van der Waals surface area contributed by atoms with E-state index in [0.717, 1.165) is 50.5 Å². The quantitative estimate of drug-likeness (QED) is 0.152. The van der Waals surface area contributed by atoms with E-state index >= 15 is 0 Å². The van der Waals surface area contributed by atoms with Crippen molar-refractivity contribution >= 4 is 52.1 Å². The van der Waals surface area contributed by atoms with Gasteiger partial charge in [0, 0.05) is 22.1 Å². The largest absolute Gasteiger partial charge is 1.00 e. The smallest absolute Gasteiger partial charge is 0.419 e. The van der Waals surface area contributed by atoms with Gasteiger partial charge in [-0.15, -0.1) is 12.1 Å². The first-order valence-corrected chi connectivity index (χ1v) is 9.96. The third-order valence-corrected chi connectivity index (χ3v) is 4.79. The number of anilines is 1. The molecule has 0 saturated heterocycles. The van der Waals surface area contributed by atoms with E-state index in [1.54, 1.807) is 24.3 Å². The number of nitrogen functional groups attached to an aromatic ring is 1. The Bertz CT molecular complexity index is 1360. The first-order chi connectivity index (χ1) is 15.2. The minimum absolute atomic E-state index is 0. The maximum absolute atomic E-state index is 5.34.